The maximum Gasteiger partial charge on any atom is 0.270 e. The molecular formula is C25H23F2NO3. The first-order valence-corrected chi connectivity index (χ1v) is 9.78. The molecular weight excluding hydrogens is 400 g/mol. The number of hydrogen-bond donors (Lipinski definition) is 0. The number of carbonyl (C=O) groups excluding carboxylic acids is 1. The molecule has 6 heteroatoms. The summed E-state index contributed by atoms with van der Waals surface area (Å²) in [6.45, 7) is 2.80. The first-order chi connectivity index (χ1) is 14.8. The fraction of sp³-hybridized carbons (Fsp3) is 0.200. The smallest absolute Gasteiger partial charge is 0.270 e. The third-order valence-electron chi connectivity index (χ3n) is 4.63. The van der Waals surface area contributed by atoms with Gasteiger partial charge in [-0.15, -0.1) is 0 Å². The lowest BCUT2D eigenvalue weighted by atomic mass is 10.1. The lowest BCUT2D eigenvalue weighted by Gasteiger charge is -2.10. The highest BCUT2D eigenvalue weighted by molar-refractivity contribution is 5.98. The van der Waals surface area contributed by atoms with Crippen LogP contribution in [-0.4, -0.2) is 18.1 Å². The molecule has 0 atom stereocenters. The van der Waals surface area contributed by atoms with Crippen LogP contribution < -0.4 is 4.74 Å². The van der Waals surface area contributed by atoms with Crippen LogP contribution >= 0.6 is 0 Å². The molecule has 3 aromatic rings. The van der Waals surface area contributed by atoms with Gasteiger partial charge < -0.3 is 9.57 Å². The van der Waals surface area contributed by atoms with Gasteiger partial charge in [-0.3, -0.25) is 4.79 Å². The molecule has 0 bridgehead atoms. The van der Waals surface area contributed by atoms with Crippen molar-refractivity contribution in [2.24, 2.45) is 5.16 Å². The highest BCUT2D eigenvalue weighted by atomic mass is 19.3. The molecule has 3 rings (SSSR count). The Bertz CT molecular complexity index is 1030. The van der Waals surface area contributed by atoms with Gasteiger partial charge in [0, 0.05) is 18.1 Å². The van der Waals surface area contributed by atoms with Gasteiger partial charge in [0.15, 0.2) is 12.4 Å². The van der Waals surface area contributed by atoms with Crippen molar-refractivity contribution in [3.8, 4) is 5.75 Å². The molecule has 0 spiro atoms. The summed E-state index contributed by atoms with van der Waals surface area (Å²) in [4.78, 5) is 17.4. The van der Waals surface area contributed by atoms with Crippen molar-refractivity contribution < 1.29 is 23.1 Å². The van der Waals surface area contributed by atoms with Crippen molar-refractivity contribution in [3.63, 3.8) is 0 Å². The van der Waals surface area contributed by atoms with E-state index in [0.29, 0.717) is 17.0 Å². The maximum atomic E-state index is 13.2. The first kappa shape index (κ1) is 22.2. The van der Waals surface area contributed by atoms with Crippen LogP contribution in [0.2, 0.25) is 0 Å². The van der Waals surface area contributed by atoms with E-state index < -0.39 is 5.92 Å². The number of ketones is 1. The predicted molar refractivity (Wildman–Crippen MR) is 116 cm³/mol. The van der Waals surface area contributed by atoms with Gasteiger partial charge >= 0.3 is 0 Å². The van der Waals surface area contributed by atoms with Crippen molar-refractivity contribution in [2.75, 3.05) is 6.61 Å². The lowest BCUT2D eigenvalue weighted by Crippen LogP contribution is -2.11. The molecule has 160 valence electrons. The summed E-state index contributed by atoms with van der Waals surface area (Å²) in [5.74, 6) is -2.38. The molecule has 0 aliphatic heterocycles. The topological polar surface area (TPSA) is 47.9 Å². The van der Waals surface area contributed by atoms with Gasteiger partial charge in [-0.05, 0) is 42.3 Å². The van der Waals surface area contributed by atoms with E-state index in [9.17, 15) is 13.6 Å². The molecule has 0 aliphatic rings. The molecule has 0 saturated carbocycles. The number of Topliss-reactive ketones (excluding diaryl/α,β-unsaturated/α-hetero) is 1. The second-order valence-electron chi connectivity index (χ2n) is 7.14. The monoisotopic (exact) mass is 423 g/mol. The summed E-state index contributed by atoms with van der Waals surface area (Å²) in [7, 11) is 0. The second kappa shape index (κ2) is 9.98. The zero-order valence-electron chi connectivity index (χ0n) is 17.3. The number of benzene rings is 3. The van der Waals surface area contributed by atoms with Crippen LogP contribution in [0, 0.1) is 0 Å². The first-order valence-electron chi connectivity index (χ1n) is 9.78. The fourth-order valence-electron chi connectivity index (χ4n) is 2.80. The van der Waals surface area contributed by atoms with Crippen LogP contribution in [-0.2, 0) is 17.4 Å². The Morgan fingerprint density at radius 1 is 0.903 bits per heavy atom. The van der Waals surface area contributed by atoms with E-state index in [1.54, 1.807) is 43.3 Å². The van der Waals surface area contributed by atoms with Crippen LogP contribution in [0.3, 0.4) is 0 Å². The standard InChI is InChI=1S/C25H23F2NO3/c1-18(28-31-16-19-8-12-22(13-9-19)25(2,26)27)20-10-14-23(15-11-20)30-17-24(29)21-6-4-3-5-7-21/h3-15H,16-17H2,1-2H3. The highest BCUT2D eigenvalue weighted by Crippen LogP contribution is 2.26. The summed E-state index contributed by atoms with van der Waals surface area (Å²) < 4.78 is 32.0. The third-order valence-corrected chi connectivity index (χ3v) is 4.63. The van der Waals surface area contributed by atoms with Gasteiger partial charge in [0.25, 0.3) is 5.92 Å². The molecule has 0 N–H and O–H groups in total. The van der Waals surface area contributed by atoms with E-state index in [1.807, 2.05) is 30.3 Å². The zero-order chi connectivity index (χ0) is 22.3. The van der Waals surface area contributed by atoms with Crippen molar-refractivity contribution in [1.29, 1.82) is 0 Å². The molecule has 0 aliphatic carbocycles. The Hall–Kier alpha value is -3.54. The lowest BCUT2D eigenvalue weighted by molar-refractivity contribution is 0.0174. The van der Waals surface area contributed by atoms with Gasteiger partial charge in [0.2, 0.25) is 0 Å². The van der Waals surface area contributed by atoms with E-state index >= 15 is 0 Å². The van der Waals surface area contributed by atoms with Crippen LogP contribution in [0.15, 0.2) is 84.0 Å². The number of nitrogens with zero attached hydrogens (tertiary/aromatic N) is 1. The fourth-order valence-corrected chi connectivity index (χ4v) is 2.80. The minimum atomic E-state index is -2.86. The van der Waals surface area contributed by atoms with E-state index in [4.69, 9.17) is 9.57 Å². The molecule has 0 saturated heterocycles. The Kier molecular flexibility index (Phi) is 7.13. The zero-order valence-corrected chi connectivity index (χ0v) is 17.3. The summed E-state index contributed by atoms with van der Waals surface area (Å²) in [6, 6.07) is 22.1. The van der Waals surface area contributed by atoms with Gasteiger partial charge in [-0.25, -0.2) is 8.78 Å². The normalized spacial score (nSPS) is 11.8. The van der Waals surface area contributed by atoms with Crippen LogP contribution in [0.5, 0.6) is 5.75 Å². The molecule has 0 heterocycles. The van der Waals surface area contributed by atoms with Crippen LogP contribution in [0.4, 0.5) is 8.78 Å². The third kappa shape index (κ3) is 6.47. The van der Waals surface area contributed by atoms with E-state index in [0.717, 1.165) is 18.1 Å². The van der Waals surface area contributed by atoms with Gasteiger partial charge in [0.05, 0.1) is 5.71 Å². The predicted octanol–water partition coefficient (Wildman–Crippen LogP) is 6.00. The molecule has 0 amide bonds. The largest absolute Gasteiger partial charge is 0.485 e. The summed E-state index contributed by atoms with van der Waals surface area (Å²) >= 11 is 0. The summed E-state index contributed by atoms with van der Waals surface area (Å²) in [6.07, 6.45) is 0. The minimum absolute atomic E-state index is 0.0382. The maximum absolute atomic E-state index is 13.2. The molecule has 4 nitrogen and oxygen atoms in total. The van der Waals surface area contributed by atoms with Crippen LogP contribution in [0.25, 0.3) is 0 Å². The molecule has 0 radical (unpaired) electrons. The number of hydrogen-bond acceptors (Lipinski definition) is 4. The number of carbonyl (C=O) groups is 1. The van der Waals surface area contributed by atoms with Crippen molar-refractivity contribution in [2.45, 2.75) is 26.4 Å². The van der Waals surface area contributed by atoms with E-state index in [2.05, 4.69) is 5.16 Å². The van der Waals surface area contributed by atoms with Gasteiger partial charge in [0.1, 0.15) is 12.4 Å². The molecule has 3 aromatic carbocycles. The second-order valence-corrected chi connectivity index (χ2v) is 7.14. The number of rotatable bonds is 9. The minimum Gasteiger partial charge on any atom is -0.485 e. The molecule has 0 unspecified atom stereocenters. The van der Waals surface area contributed by atoms with Crippen molar-refractivity contribution in [1.82, 2.24) is 0 Å². The molecule has 31 heavy (non-hydrogen) atoms. The number of alkyl halides is 2. The number of ether oxygens (including phenoxy) is 1. The van der Waals surface area contributed by atoms with Gasteiger partial charge in [-0.2, -0.15) is 0 Å². The van der Waals surface area contributed by atoms with Crippen molar-refractivity contribution in [3.05, 3.63) is 101 Å². The highest BCUT2D eigenvalue weighted by Gasteiger charge is 2.23. The Morgan fingerprint density at radius 2 is 1.55 bits per heavy atom. The Morgan fingerprint density at radius 3 is 2.16 bits per heavy atom. The number of oxime groups is 1. The van der Waals surface area contributed by atoms with E-state index in [1.165, 1.54) is 12.1 Å². The van der Waals surface area contributed by atoms with Crippen LogP contribution in [0.1, 0.15) is 40.9 Å². The molecule has 0 fully saturated rings. The quantitative estimate of drug-likeness (QED) is 0.241. The molecule has 0 aromatic heterocycles. The summed E-state index contributed by atoms with van der Waals surface area (Å²) in [5.41, 5.74) is 2.81. The SMILES string of the molecule is CC(=NOCc1ccc(C(C)(F)F)cc1)c1ccc(OCC(=O)c2ccccc2)cc1. The average molecular weight is 423 g/mol. The van der Waals surface area contributed by atoms with Crippen molar-refractivity contribution >= 4 is 11.5 Å². The van der Waals surface area contributed by atoms with Gasteiger partial charge in [-0.1, -0.05) is 59.8 Å². The Balaban J connectivity index is 1.50. The number of halogens is 2. The Labute approximate surface area is 180 Å². The average Bonchev–Trinajstić information content (AvgIpc) is 2.78. The van der Waals surface area contributed by atoms with E-state index in [-0.39, 0.29) is 24.6 Å². The summed E-state index contributed by atoms with van der Waals surface area (Å²) in [5, 5.41) is 4.08.